The number of allylic oxidation sites excluding steroid dienone is 1. The van der Waals surface area contributed by atoms with Crippen LogP contribution in [0.5, 0.6) is 0 Å². The number of pyridine rings is 1. The number of aryl methyl sites for hydroxylation is 1. The molecule has 1 atom stereocenters. The highest BCUT2D eigenvalue weighted by molar-refractivity contribution is 5.55. The van der Waals surface area contributed by atoms with E-state index >= 15 is 0 Å². The molecule has 35 heavy (non-hydrogen) atoms. The molecule has 2 aromatic rings. The predicted molar refractivity (Wildman–Crippen MR) is 155 cm³/mol. The Bertz CT molecular complexity index is 763. The van der Waals surface area contributed by atoms with Crippen molar-refractivity contribution in [3.8, 4) is 0 Å². The highest BCUT2D eigenvalue weighted by Gasteiger charge is 2.08. The number of hydrogen-bond acceptors (Lipinski definition) is 1. The Morgan fingerprint density at radius 1 is 0.686 bits per heavy atom. The monoisotopic (exact) mass is 477 g/mol. The van der Waals surface area contributed by atoms with Gasteiger partial charge in [-0.15, -0.1) is 0 Å². The van der Waals surface area contributed by atoms with E-state index in [-0.39, 0.29) is 0 Å². The van der Waals surface area contributed by atoms with Crippen LogP contribution < -0.4 is 9.47 Å². The lowest BCUT2D eigenvalue weighted by molar-refractivity contribution is -0.697. The first-order chi connectivity index (χ1) is 17.2. The number of unbranched alkanes of at least 4 members (excludes halogenated alkanes) is 11. The summed E-state index contributed by atoms with van der Waals surface area (Å²) in [6.45, 7) is 3.41. The SMILES string of the molecule is CCCCCCCCCCCCCCC(C=Cc1ccc(N(C)C)cc1)CCC[n+]1ccccc1. The number of anilines is 1. The fraction of sp³-hybridized carbons (Fsp3) is 0.606. The van der Waals surface area contributed by atoms with E-state index in [0.29, 0.717) is 5.92 Å². The number of benzene rings is 1. The second-order valence-electron chi connectivity index (χ2n) is 10.5. The van der Waals surface area contributed by atoms with E-state index in [1.807, 2.05) is 0 Å². The molecule has 0 aliphatic rings. The van der Waals surface area contributed by atoms with Crippen molar-refractivity contribution >= 4 is 11.8 Å². The van der Waals surface area contributed by atoms with Crippen LogP contribution in [0.3, 0.4) is 0 Å². The summed E-state index contributed by atoms with van der Waals surface area (Å²) in [7, 11) is 4.19. The molecule has 0 N–H and O–H groups in total. The van der Waals surface area contributed by atoms with Crippen LogP contribution in [0, 0.1) is 5.92 Å². The molecule has 1 aromatic carbocycles. The van der Waals surface area contributed by atoms with E-state index in [1.165, 1.54) is 108 Å². The van der Waals surface area contributed by atoms with Crippen molar-refractivity contribution in [3.05, 3.63) is 66.5 Å². The lowest BCUT2D eigenvalue weighted by Crippen LogP contribution is -2.32. The van der Waals surface area contributed by atoms with Gasteiger partial charge in [0.05, 0.1) is 0 Å². The summed E-state index contributed by atoms with van der Waals surface area (Å²) in [5.41, 5.74) is 2.57. The smallest absolute Gasteiger partial charge is 0.168 e. The van der Waals surface area contributed by atoms with Crippen molar-refractivity contribution in [2.45, 2.75) is 110 Å². The first kappa shape index (κ1) is 29.1. The van der Waals surface area contributed by atoms with Gasteiger partial charge in [-0.3, -0.25) is 0 Å². The van der Waals surface area contributed by atoms with Crippen LogP contribution in [-0.4, -0.2) is 14.1 Å². The van der Waals surface area contributed by atoms with E-state index in [2.05, 4.69) is 97.5 Å². The van der Waals surface area contributed by atoms with Gasteiger partial charge in [0.15, 0.2) is 12.4 Å². The normalized spacial score (nSPS) is 12.3. The number of aromatic nitrogens is 1. The fourth-order valence-electron chi connectivity index (χ4n) is 4.83. The number of nitrogens with zero attached hydrogens (tertiary/aromatic N) is 2. The zero-order chi connectivity index (χ0) is 25.0. The van der Waals surface area contributed by atoms with E-state index in [0.717, 1.165) is 6.54 Å². The van der Waals surface area contributed by atoms with Gasteiger partial charge in [-0.2, -0.15) is 0 Å². The molecule has 0 aliphatic heterocycles. The van der Waals surface area contributed by atoms with Gasteiger partial charge in [0.1, 0.15) is 6.54 Å². The van der Waals surface area contributed by atoms with Crippen LogP contribution in [0.2, 0.25) is 0 Å². The third-order valence-corrected chi connectivity index (χ3v) is 7.17. The minimum Gasteiger partial charge on any atom is -0.378 e. The molecule has 2 nitrogen and oxygen atoms in total. The zero-order valence-corrected chi connectivity index (χ0v) is 23.1. The highest BCUT2D eigenvalue weighted by Crippen LogP contribution is 2.21. The summed E-state index contributed by atoms with van der Waals surface area (Å²) in [4.78, 5) is 2.16. The minimum absolute atomic E-state index is 0.677. The Labute approximate surface area is 217 Å². The van der Waals surface area contributed by atoms with Crippen molar-refractivity contribution in [2.24, 2.45) is 5.92 Å². The maximum absolute atomic E-state index is 2.48. The second-order valence-corrected chi connectivity index (χ2v) is 10.5. The molecule has 0 saturated carbocycles. The van der Waals surface area contributed by atoms with Crippen molar-refractivity contribution in [2.75, 3.05) is 19.0 Å². The molecule has 1 unspecified atom stereocenters. The molecule has 0 fully saturated rings. The first-order valence-corrected chi connectivity index (χ1v) is 14.6. The van der Waals surface area contributed by atoms with E-state index in [9.17, 15) is 0 Å². The molecule has 0 saturated heterocycles. The summed E-state index contributed by atoms with van der Waals surface area (Å²) in [5.74, 6) is 0.677. The van der Waals surface area contributed by atoms with Gasteiger partial charge in [0, 0.05) is 38.3 Å². The average molecular weight is 478 g/mol. The molecule has 0 spiro atoms. The summed E-state index contributed by atoms with van der Waals surface area (Å²) in [6, 6.07) is 15.3. The van der Waals surface area contributed by atoms with Crippen LogP contribution in [-0.2, 0) is 6.54 Å². The molecule has 2 heteroatoms. The molecular weight excluding hydrogens is 424 g/mol. The quantitative estimate of drug-likeness (QED) is 0.136. The molecule has 0 bridgehead atoms. The number of rotatable bonds is 20. The topological polar surface area (TPSA) is 7.12 Å². The van der Waals surface area contributed by atoms with Crippen LogP contribution in [0.1, 0.15) is 109 Å². The van der Waals surface area contributed by atoms with E-state index < -0.39 is 0 Å². The largest absolute Gasteiger partial charge is 0.378 e. The standard InChI is InChI=1S/C33H53N2/c1-4-5-6-7-8-9-10-11-12-13-14-16-20-31(21-19-30-35-28-17-15-18-29-35)22-23-32-24-26-33(27-25-32)34(2)3/h15,17-18,22-29,31H,4-14,16,19-21,30H2,1-3H3/q+1. The Hall–Kier alpha value is -2.09. The van der Waals surface area contributed by atoms with Gasteiger partial charge in [-0.25, -0.2) is 4.57 Å². The van der Waals surface area contributed by atoms with Crippen molar-refractivity contribution in [1.29, 1.82) is 0 Å². The summed E-state index contributed by atoms with van der Waals surface area (Å²) in [5, 5.41) is 0. The third-order valence-electron chi connectivity index (χ3n) is 7.17. The van der Waals surface area contributed by atoms with Crippen molar-refractivity contribution in [1.82, 2.24) is 0 Å². The van der Waals surface area contributed by atoms with Gasteiger partial charge < -0.3 is 4.90 Å². The molecule has 0 radical (unpaired) electrons. The average Bonchev–Trinajstić information content (AvgIpc) is 2.88. The van der Waals surface area contributed by atoms with Gasteiger partial charge in [-0.1, -0.05) is 114 Å². The van der Waals surface area contributed by atoms with Crippen LogP contribution in [0.25, 0.3) is 6.08 Å². The van der Waals surface area contributed by atoms with Crippen LogP contribution in [0.4, 0.5) is 5.69 Å². The fourth-order valence-corrected chi connectivity index (χ4v) is 4.83. The van der Waals surface area contributed by atoms with Crippen LogP contribution >= 0.6 is 0 Å². The molecule has 2 rings (SSSR count). The third kappa shape index (κ3) is 14.2. The van der Waals surface area contributed by atoms with Crippen LogP contribution in [0.15, 0.2) is 60.9 Å². The first-order valence-electron chi connectivity index (χ1n) is 14.6. The molecular formula is C33H53N2+. The van der Waals surface area contributed by atoms with Crippen molar-refractivity contribution < 1.29 is 4.57 Å². The van der Waals surface area contributed by atoms with Gasteiger partial charge >= 0.3 is 0 Å². The molecule has 1 heterocycles. The van der Waals surface area contributed by atoms with Gasteiger partial charge in [0.2, 0.25) is 0 Å². The van der Waals surface area contributed by atoms with E-state index in [1.54, 1.807) is 0 Å². The summed E-state index contributed by atoms with van der Waals surface area (Å²) >= 11 is 0. The summed E-state index contributed by atoms with van der Waals surface area (Å²) < 4.78 is 2.31. The van der Waals surface area contributed by atoms with Crippen molar-refractivity contribution in [3.63, 3.8) is 0 Å². The van der Waals surface area contributed by atoms with Gasteiger partial charge in [0.25, 0.3) is 0 Å². The molecule has 0 aliphatic carbocycles. The maximum Gasteiger partial charge on any atom is 0.168 e. The van der Waals surface area contributed by atoms with E-state index in [4.69, 9.17) is 0 Å². The molecule has 194 valence electrons. The molecule has 0 amide bonds. The zero-order valence-electron chi connectivity index (χ0n) is 23.1. The number of hydrogen-bond donors (Lipinski definition) is 0. The Morgan fingerprint density at radius 3 is 1.80 bits per heavy atom. The Kier molecular flexibility index (Phi) is 15.9. The Morgan fingerprint density at radius 2 is 1.23 bits per heavy atom. The highest BCUT2D eigenvalue weighted by atomic mass is 15.1. The molecule has 1 aromatic heterocycles. The minimum atomic E-state index is 0.677. The van der Waals surface area contributed by atoms with Gasteiger partial charge in [-0.05, 0) is 36.5 Å². The maximum atomic E-state index is 2.48. The predicted octanol–water partition coefficient (Wildman–Crippen LogP) is 9.24. The Balaban J connectivity index is 1.69. The lowest BCUT2D eigenvalue weighted by atomic mass is 9.94. The second kappa shape index (κ2) is 19.1. The lowest BCUT2D eigenvalue weighted by Gasteiger charge is -2.13. The summed E-state index contributed by atoms with van der Waals surface area (Å²) in [6.07, 6.45) is 30.1.